The molecule has 0 unspecified atom stereocenters. The van der Waals surface area contributed by atoms with Crippen LogP contribution in [0.1, 0.15) is 10.4 Å². The van der Waals surface area contributed by atoms with E-state index >= 15 is 0 Å². The number of carboxylic acid groups (broad SMARTS) is 1. The molecular formula is C11H6FIN2O3. The lowest BCUT2D eigenvalue weighted by Gasteiger charge is -2.07. The average molecular weight is 360 g/mol. The van der Waals surface area contributed by atoms with E-state index in [0.29, 0.717) is 0 Å². The van der Waals surface area contributed by atoms with Gasteiger partial charge in [0.15, 0.2) is 0 Å². The Morgan fingerprint density at radius 3 is 2.61 bits per heavy atom. The minimum Gasteiger partial charge on any atom is -0.477 e. The highest BCUT2D eigenvalue weighted by atomic mass is 127. The fourth-order valence-electron chi connectivity index (χ4n) is 1.25. The molecule has 7 heteroatoms. The van der Waals surface area contributed by atoms with Gasteiger partial charge in [0.1, 0.15) is 17.1 Å². The van der Waals surface area contributed by atoms with Crippen LogP contribution in [0.3, 0.4) is 0 Å². The molecule has 0 aliphatic carbocycles. The van der Waals surface area contributed by atoms with Crippen molar-refractivity contribution in [3.63, 3.8) is 0 Å². The molecule has 18 heavy (non-hydrogen) atoms. The maximum Gasteiger partial charge on any atom is 0.342 e. The summed E-state index contributed by atoms with van der Waals surface area (Å²) in [6, 6.07) is 3.70. The van der Waals surface area contributed by atoms with Gasteiger partial charge in [-0.25, -0.2) is 19.2 Å². The van der Waals surface area contributed by atoms with E-state index in [1.807, 2.05) is 22.6 Å². The Kier molecular flexibility index (Phi) is 3.70. The first-order valence-corrected chi connectivity index (χ1v) is 5.83. The van der Waals surface area contributed by atoms with Gasteiger partial charge in [0.05, 0.1) is 0 Å². The minimum absolute atomic E-state index is 0.0384. The number of aromatic nitrogens is 2. The van der Waals surface area contributed by atoms with E-state index < -0.39 is 17.3 Å². The molecule has 0 aliphatic rings. The van der Waals surface area contributed by atoms with Gasteiger partial charge >= 0.3 is 12.0 Å². The number of benzene rings is 1. The van der Waals surface area contributed by atoms with Gasteiger partial charge in [0.2, 0.25) is 0 Å². The Hall–Kier alpha value is -1.77. The second-order valence-electron chi connectivity index (χ2n) is 3.20. The van der Waals surface area contributed by atoms with Crippen LogP contribution in [-0.4, -0.2) is 21.0 Å². The van der Waals surface area contributed by atoms with Crippen LogP contribution in [0, 0.1) is 9.39 Å². The minimum atomic E-state index is -1.41. The largest absolute Gasteiger partial charge is 0.477 e. The summed E-state index contributed by atoms with van der Waals surface area (Å²) in [5.41, 5.74) is -0.542. The van der Waals surface area contributed by atoms with E-state index in [4.69, 9.17) is 9.84 Å². The molecule has 0 fully saturated rings. The lowest BCUT2D eigenvalue weighted by atomic mass is 10.2. The number of hydrogen-bond donors (Lipinski definition) is 1. The molecule has 0 amide bonds. The van der Waals surface area contributed by atoms with Gasteiger partial charge in [-0.05, 0) is 34.7 Å². The topological polar surface area (TPSA) is 72.3 Å². The van der Waals surface area contributed by atoms with Crippen molar-refractivity contribution < 1.29 is 19.0 Å². The number of aromatic carboxylic acids is 1. The highest BCUT2D eigenvalue weighted by Gasteiger charge is 2.18. The van der Waals surface area contributed by atoms with Gasteiger partial charge in [0, 0.05) is 16.0 Å². The molecule has 0 saturated carbocycles. The molecule has 0 atom stereocenters. The van der Waals surface area contributed by atoms with Crippen LogP contribution < -0.4 is 4.74 Å². The van der Waals surface area contributed by atoms with Gasteiger partial charge < -0.3 is 9.84 Å². The molecule has 2 rings (SSSR count). The van der Waals surface area contributed by atoms with E-state index in [1.165, 1.54) is 24.5 Å². The predicted molar refractivity (Wildman–Crippen MR) is 68.2 cm³/mol. The van der Waals surface area contributed by atoms with Crippen LogP contribution in [0.5, 0.6) is 11.8 Å². The Balaban J connectivity index is 2.37. The maximum absolute atomic E-state index is 13.4. The van der Waals surface area contributed by atoms with Crippen molar-refractivity contribution in [2.24, 2.45) is 0 Å². The quantitative estimate of drug-likeness (QED) is 0.853. The first kappa shape index (κ1) is 12.7. The molecule has 0 saturated heterocycles. The summed E-state index contributed by atoms with van der Waals surface area (Å²) in [7, 11) is 0. The van der Waals surface area contributed by atoms with Crippen LogP contribution in [0.25, 0.3) is 0 Å². The van der Waals surface area contributed by atoms with E-state index in [-0.39, 0.29) is 11.8 Å². The SMILES string of the molecule is O=C(O)c1c(F)cccc1Oc1ncc(I)cn1. The van der Waals surface area contributed by atoms with Gasteiger partial charge in [-0.2, -0.15) is 0 Å². The number of rotatable bonds is 3. The lowest BCUT2D eigenvalue weighted by molar-refractivity contribution is 0.0689. The van der Waals surface area contributed by atoms with E-state index in [2.05, 4.69) is 9.97 Å². The molecule has 1 aromatic heterocycles. The first-order chi connectivity index (χ1) is 8.58. The molecule has 1 heterocycles. The van der Waals surface area contributed by atoms with Crippen LogP contribution in [0.4, 0.5) is 4.39 Å². The van der Waals surface area contributed by atoms with Crippen molar-refractivity contribution in [2.75, 3.05) is 0 Å². The van der Waals surface area contributed by atoms with Gasteiger partial charge in [0.25, 0.3) is 0 Å². The summed E-state index contributed by atoms with van der Waals surface area (Å²) < 4.78 is 19.3. The zero-order valence-electron chi connectivity index (χ0n) is 8.80. The molecule has 0 spiro atoms. The second kappa shape index (κ2) is 5.25. The standard InChI is InChI=1S/C11H6FIN2O3/c12-7-2-1-3-8(9(7)10(16)17)18-11-14-4-6(13)5-15-11/h1-5H,(H,16,17). The zero-order chi connectivity index (χ0) is 13.1. The Morgan fingerprint density at radius 2 is 2.00 bits per heavy atom. The first-order valence-electron chi connectivity index (χ1n) is 4.75. The maximum atomic E-state index is 13.4. The normalized spacial score (nSPS) is 10.1. The number of carboxylic acids is 1. The lowest BCUT2D eigenvalue weighted by Crippen LogP contribution is -2.04. The smallest absolute Gasteiger partial charge is 0.342 e. The third-order valence-electron chi connectivity index (χ3n) is 1.99. The monoisotopic (exact) mass is 360 g/mol. The molecule has 1 aromatic carbocycles. The van der Waals surface area contributed by atoms with Crippen LogP contribution in [-0.2, 0) is 0 Å². The average Bonchev–Trinajstić information content (AvgIpc) is 2.32. The molecule has 2 aromatic rings. The van der Waals surface area contributed by atoms with Crippen molar-refractivity contribution in [3.8, 4) is 11.8 Å². The van der Waals surface area contributed by atoms with Crippen LogP contribution in [0.15, 0.2) is 30.6 Å². The van der Waals surface area contributed by atoms with Gasteiger partial charge in [-0.1, -0.05) is 6.07 Å². The van der Waals surface area contributed by atoms with Crippen LogP contribution in [0.2, 0.25) is 0 Å². The predicted octanol–water partition coefficient (Wildman–Crippen LogP) is 2.71. The van der Waals surface area contributed by atoms with Crippen molar-refractivity contribution >= 4 is 28.6 Å². The highest BCUT2D eigenvalue weighted by Crippen LogP contribution is 2.25. The number of nitrogens with zero attached hydrogens (tertiary/aromatic N) is 2. The fourth-order valence-corrected chi connectivity index (χ4v) is 1.53. The fraction of sp³-hybridized carbons (Fsp3) is 0. The number of ether oxygens (including phenoxy) is 1. The molecule has 1 N–H and O–H groups in total. The van der Waals surface area contributed by atoms with Crippen molar-refractivity contribution in [1.29, 1.82) is 0 Å². The molecule has 0 radical (unpaired) electrons. The van der Waals surface area contributed by atoms with Crippen LogP contribution >= 0.6 is 22.6 Å². The summed E-state index contributed by atoms with van der Waals surface area (Å²) in [5.74, 6) is -2.41. The number of hydrogen-bond acceptors (Lipinski definition) is 4. The molecule has 5 nitrogen and oxygen atoms in total. The number of halogens is 2. The Bertz CT molecular complexity index is 589. The van der Waals surface area contributed by atoms with E-state index in [1.54, 1.807) is 0 Å². The van der Waals surface area contributed by atoms with Crippen molar-refractivity contribution in [1.82, 2.24) is 9.97 Å². The summed E-state index contributed by atoms with van der Waals surface area (Å²) in [6.45, 7) is 0. The highest BCUT2D eigenvalue weighted by molar-refractivity contribution is 14.1. The molecule has 0 bridgehead atoms. The Morgan fingerprint density at radius 1 is 1.33 bits per heavy atom. The molecular weight excluding hydrogens is 354 g/mol. The van der Waals surface area contributed by atoms with E-state index in [9.17, 15) is 9.18 Å². The van der Waals surface area contributed by atoms with E-state index in [0.717, 1.165) is 9.64 Å². The Labute approximate surface area is 115 Å². The van der Waals surface area contributed by atoms with Gasteiger partial charge in [-0.3, -0.25) is 0 Å². The summed E-state index contributed by atoms with van der Waals surface area (Å²) in [4.78, 5) is 18.6. The second-order valence-corrected chi connectivity index (χ2v) is 4.45. The third kappa shape index (κ3) is 2.73. The summed E-state index contributed by atoms with van der Waals surface area (Å²) in [6.07, 6.45) is 3.01. The number of carbonyl (C=O) groups is 1. The zero-order valence-corrected chi connectivity index (χ0v) is 11.0. The summed E-state index contributed by atoms with van der Waals surface area (Å²) >= 11 is 2.02. The third-order valence-corrected chi connectivity index (χ3v) is 2.54. The van der Waals surface area contributed by atoms with Crippen molar-refractivity contribution in [3.05, 3.63) is 45.5 Å². The molecule has 0 aliphatic heterocycles. The summed E-state index contributed by atoms with van der Waals surface area (Å²) in [5, 5.41) is 8.91. The van der Waals surface area contributed by atoms with Crippen molar-refractivity contribution in [2.45, 2.75) is 0 Å². The molecule has 92 valence electrons. The van der Waals surface area contributed by atoms with Gasteiger partial charge in [-0.15, -0.1) is 0 Å².